The van der Waals surface area contributed by atoms with Crippen molar-refractivity contribution in [1.82, 2.24) is 10.3 Å². The quantitative estimate of drug-likeness (QED) is 0.696. The number of carbonyl (C=O) groups excluding carboxylic acids is 2. The summed E-state index contributed by atoms with van der Waals surface area (Å²) in [6.45, 7) is 1.50. The second-order valence-corrected chi connectivity index (χ2v) is 6.89. The molecule has 3 rings (SSSR count). The molecular formula is C20H21F3N4O5. The van der Waals surface area contributed by atoms with Crippen LogP contribution in [0.4, 0.5) is 29.5 Å². The van der Waals surface area contributed by atoms with E-state index in [1.165, 1.54) is 26.4 Å². The van der Waals surface area contributed by atoms with Crippen LogP contribution in [-0.4, -0.2) is 50.7 Å². The molecule has 1 aromatic heterocycles. The molecule has 0 saturated carbocycles. The molecule has 0 unspecified atom stereocenters. The number of halogens is 3. The van der Waals surface area contributed by atoms with Crippen LogP contribution in [0, 0.1) is 6.92 Å². The first-order valence-electron chi connectivity index (χ1n) is 9.39. The van der Waals surface area contributed by atoms with E-state index in [2.05, 4.69) is 20.4 Å². The van der Waals surface area contributed by atoms with Crippen molar-refractivity contribution < 1.29 is 37.0 Å². The SMILES string of the molecule is COC[C@@H](NC(=O)N1CC(=O)Nc2cc(C)c(OC)nc21)c1ccc(OC(F)(F)F)cc1. The van der Waals surface area contributed by atoms with Crippen molar-refractivity contribution in [3.63, 3.8) is 0 Å². The maximum Gasteiger partial charge on any atom is 0.573 e. The van der Waals surface area contributed by atoms with Gasteiger partial charge in [-0.05, 0) is 30.7 Å². The van der Waals surface area contributed by atoms with E-state index in [4.69, 9.17) is 9.47 Å². The molecule has 12 heteroatoms. The highest BCUT2D eigenvalue weighted by atomic mass is 19.4. The topological polar surface area (TPSA) is 102 Å². The molecule has 0 fully saturated rings. The number of benzene rings is 1. The molecule has 0 bridgehead atoms. The third-order valence-corrected chi connectivity index (χ3v) is 4.56. The number of pyridine rings is 1. The standard InChI is InChI=1S/C20H21F3N4O5/c1-11-8-14-17(26-18(11)31-3)27(9-16(28)24-14)19(29)25-15(10-30-2)12-4-6-13(7-5-12)32-20(21,22)23/h4-8,15H,9-10H2,1-3H3,(H,24,28)(H,25,29)/t15-/m1/s1. The molecule has 0 saturated heterocycles. The van der Waals surface area contributed by atoms with Crippen molar-refractivity contribution in [1.29, 1.82) is 0 Å². The van der Waals surface area contributed by atoms with Crippen LogP contribution in [0.3, 0.4) is 0 Å². The summed E-state index contributed by atoms with van der Waals surface area (Å²) in [7, 11) is 2.85. The predicted molar refractivity (Wildman–Crippen MR) is 108 cm³/mol. The van der Waals surface area contributed by atoms with Crippen LogP contribution >= 0.6 is 0 Å². The highest BCUT2D eigenvalue weighted by Crippen LogP contribution is 2.32. The number of nitrogens with zero attached hydrogens (tertiary/aromatic N) is 2. The number of urea groups is 1. The van der Waals surface area contributed by atoms with Crippen molar-refractivity contribution in [2.45, 2.75) is 19.3 Å². The minimum Gasteiger partial charge on any atom is -0.481 e. The molecule has 2 N–H and O–H groups in total. The highest BCUT2D eigenvalue weighted by molar-refractivity contribution is 6.08. The van der Waals surface area contributed by atoms with E-state index in [1.807, 2.05) is 0 Å². The normalized spacial score (nSPS) is 14.3. The molecule has 2 heterocycles. The van der Waals surface area contributed by atoms with Crippen LogP contribution in [0.5, 0.6) is 11.6 Å². The summed E-state index contributed by atoms with van der Waals surface area (Å²) in [6, 6.07) is 5.32. The first-order chi connectivity index (χ1) is 15.1. The number of aryl methyl sites for hydroxylation is 1. The molecule has 1 aliphatic rings. The lowest BCUT2D eigenvalue weighted by atomic mass is 10.1. The average molecular weight is 454 g/mol. The number of anilines is 2. The lowest BCUT2D eigenvalue weighted by Crippen LogP contribution is -2.49. The van der Waals surface area contributed by atoms with Crippen molar-refractivity contribution >= 4 is 23.4 Å². The minimum absolute atomic E-state index is 0.0305. The monoisotopic (exact) mass is 454 g/mol. The lowest BCUT2D eigenvalue weighted by Gasteiger charge is -2.30. The van der Waals surface area contributed by atoms with Crippen LogP contribution in [0.1, 0.15) is 17.2 Å². The number of rotatable bonds is 6. The maximum atomic E-state index is 13.0. The van der Waals surface area contributed by atoms with Crippen molar-refractivity contribution in [3.8, 4) is 11.6 Å². The van der Waals surface area contributed by atoms with Gasteiger partial charge < -0.3 is 24.8 Å². The van der Waals surface area contributed by atoms with Gasteiger partial charge in [-0.25, -0.2) is 4.79 Å². The number of aromatic nitrogens is 1. The van der Waals surface area contributed by atoms with Crippen LogP contribution in [0.15, 0.2) is 30.3 Å². The van der Waals surface area contributed by atoms with Gasteiger partial charge in [0.25, 0.3) is 0 Å². The molecule has 1 atom stereocenters. The third-order valence-electron chi connectivity index (χ3n) is 4.56. The Labute approximate surface area is 181 Å². The fourth-order valence-corrected chi connectivity index (χ4v) is 3.18. The minimum atomic E-state index is -4.81. The molecule has 172 valence electrons. The summed E-state index contributed by atoms with van der Waals surface area (Å²) in [5.41, 5.74) is 1.50. The van der Waals surface area contributed by atoms with Crippen LogP contribution in [0.2, 0.25) is 0 Å². The molecule has 1 aliphatic heterocycles. The third kappa shape index (κ3) is 5.38. The van der Waals surface area contributed by atoms with Gasteiger partial charge in [-0.3, -0.25) is 9.69 Å². The van der Waals surface area contributed by atoms with Gasteiger partial charge in [0.05, 0.1) is 25.4 Å². The second-order valence-electron chi connectivity index (χ2n) is 6.89. The summed E-state index contributed by atoms with van der Waals surface area (Å²) in [4.78, 5) is 30.6. The Hall–Kier alpha value is -3.54. The summed E-state index contributed by atoms with van der Waals surface area (Å²) < 4.78 is 51.3. The smallest absolute Gasteiger partial charge is 0.481 e. The Kier molecular flexibility index (Phi) is 6.72. The van der Waals surface area contributed by atoms with E-state index in [0.717, 1.165) is 17.0 Å². The molecule has 0 spiro atoms. The highest BCUT2D eigenvalue weighted by Gasteiger charge is 2.32. The zero-order valence-electron chi connectivity index (χ0n) is 17.4. The number of hydrogen-bond donors (Lipinski definition) is 2. The summed E-state index contributed by atoms with van der Waals surface area (Å²) in [5.74, 6) is -0.297. The van der Waals surface area contributed by atoms with Crippen LogP contribution in [-0.2, 0) is 9.53 Å². The second kappa shape index (κ2) is 9.30. The van der Waals surface area contributed by atoms with Crippen molar-refractivity contribution in [3.05, 3.63) is 41.5 Å². The maximum absolute atomic E-state index is 13.0. The van der Waals surface area contributed by atoms with E-state index < -0.39 is 30.1 Å². The summed E-state index contributed by atoms with van der Waals surface area (Å²) in [6.07, 6.45) is -4.81. The Morgan fingerprint density at radius 2 is 1.97 bits per heavy atom. The fourth-order valence-electron chi connectivity index (χ4n) is 3.18. The van der Waals surface area contributed by atoms with E-state index in [-0.39, 0.29) is 19.0 Å². The largest absolute Gasteiger partial charge is 0.573 e. The number of amides is 3. The first kappa shape index (κ1) is 23.1. The molecule has 1 aromatic carbocycles. The van der Waals surface area contributed by atoms with Crippen molar-refractivity contribution in [2.24, 2.45) is 0 Å². The van der Waals surface area contributed by atoms with Crippen LogP contribution < -0.4 is 25.0 Å². The van der Waals surface area contributed by atoms with Gasteiger partial charge >= 0.3 is 12.4 Å². The molecule has 9 nitrogen and oxygen atoms in total. The zero-order valence-corrected chi connectivity index (χ0v) is 17.4. The van der Waals surface area contributed by atoms with Gasteiger partial charge in [0.2, 0.25) is 11.8 Å². The van der Waals surface area contributed by atoms with E-state index in [1.54, 1.807) is 13.0 Å². The predicted octanol–water partition coefficient (Wildman–Crippen LogP) is 3.15. The number of fused-ring (bicyclic) bond motifs is 1. The number of methoxy groups -OCH3 is 2. The molecule has 32 heavy (non-hydrogen) atoms. The Morgan fingerprint density at radius 3 is 2.56 bits per heavy atom. The number of hydrogen-bond acceptors (Lipinski definition) is 6. The first-order valence-corrected chi connectivity index (χ1v) is 9.39. The fraction of sp³-hybridized carbons (Fsp3) is 0.350. The summed E-state index contributed by atoms with van der Waals surface area (Å²) in [5, 5.41) is 5.39. The van der Waals surface area contributed by atoms with E-state index in [0.29, 0.717) is 22.7 Å². The van der Waals surface area contributed by atoms with Gasteiger partial charge in [-0.1, -0.05) is 12.1 Å². The van der Waals surface area contributed by atoms with Crippen molar-refractivity contribution in [2.75, 3.05) is 37.6 Å². The lowest BCUT2D eigenvalue weighted by molar-refractivity contribution is -0.274. The van der Waals surface area contributed by atoms with E-state index >= 15 is 0 Å². The number of nitrogens with one attached hydrogen (secondary N) is 2. The van der Waals surface area contributed by atoms with Gasteiger partial charge in [-0.2, -0.15) is 4.98 Å². The van der Waals surface area contributed by atoms with Gasteiger partial charge in [0.1, 0.15) is 12.3 Å². The van der Waals surface area contributed by atoms with Gasteiger partial charge in [0, 0.05) is 12.7 Å². The molecule has 0 radical (unpaired) electrons. The molecule has 2 aromatic rings. The molecule has 3 amide bonds. The number of alkyl halides is 3. The Balaban J connectivity index is 1.83. The molecular weight excluding hydrogens is 433 g/mol. The zero-order chi connectivity index (χ0) is 23.5. The Bertz CT molecular complexity index is 998. The van der Waals surface area contributed by atoms with E-state index in [9.17, 15) is 22.8 Å². The Morgan fingerprint density at radius 1 is 1.28 bits per heavy atom. The average Bonchev–Trinajstić information content (AvgIpc) is 2.71. The van der Waals surface area contributed by atoms with Gasteiger partial charge in [-0.15, -0.1) is 13.2 Å². The van der Waals surface area contributed by atoms with Crippen LogP contribution in [0.25, 0.3) is 0 Å². The molecule has 0 aliphatic carbocycles. The number of ether oxygens (including phenoxy) is 3. The van der Waals surface area contributed by atoms with Gasteiger partial charge in [0.15, 0.2) is 5.82 Å². The number of carbonyl (C=O) groups is 2. The summed E-state index contributed by atoms with van der Waals surface area (Å²) >= 11 is 0.